The zero-order valence-electron chi connectivity index (χ0n) is 17.4. The van der Waals surface area contributed by atoms with E-state index in [1.165, 1.54) is 10.6 Å². The number of nitrogens with one attached hydrogen (secondary N) is 2. The lowest BCUT2D eigenvalue weighted by Crippen LogP contribution is -2.44. The third-order valence-corrected chi connectivity index (χ3v) is 5.90. The Hall–Kier alpha value is -3.42. The number of aromatic amines is 1. The SMILES string of the molecule is Cc1ccc(CNC(=O)C2CCN(C(=O)Cn3c(=O)[nH]c4ccccc43)CC2)cc1F. The molecule has 0 radical (unpaired) electrons. The highest BCUT2D eigenvalue weighted by atomic mass is 19.1. The van der Waals surface area contributed by atoms with Crippen molar-refractivity contribution in [2.75, 3.05) is 13.1 Å². The van der Waals surface area contributed by atoms with Crippen LogP contribution in [0.4, 0.5) is 4.39 Å². The Morgan fingerprint density at radius 2 is 1.90 bits per heavy atom. The van der Waals surface area contributed by atoms with Gasteiger partial charge in [-0.05, 0) is 49.1 Å². The van der Waals surface area contributed by atoms with Gasteiger partial charge in [0.1, 0.15) is 12.4 Å². The van der Waals surface area contributed by atoms with Gasteiger partial charge in [-0.1, -0.05) is 24.3 Å². The number of hydrogen-bond acceptors (Lipinski definition) is 3. The minimum absolute atomic E-state index is 0.0291. The van der Waals surface area contributed by atoms with Gasteiger partial charge in [-0.15, -0.1) is 0 Å². The predicted octanol–water partition coefficient (Wildman–Crippen LogP) is 2.33. The predicted molar refractivity (Wildman–Crippen MR) is 115 cm³/mol. The van der Waals surface area contributed by atoms with E-state index in [1.807, 2.05) is 12.1 Å². The van der Waals surface area contributed by atoms with Crippen LogP contribution in [0.25, 0.3) is 11.0 Å². The molecule has 2 amide bonds. The van der Waals surface area contributed by atoms with Crippen molar-refractivity contribution < 1.29 is 14.0 Å². The summed E-state index contributed by atoms with van der Waals surface area (Å²) in [6.45, 7) is 2.87. The number of hydrogen-bond donors (Lipinski definition) is 2. The monoisotopic (exact) mass is 424 g/mol. The van der Waals surface area contributed by atoms with Gasteiger partial charge in [0.05, 0.1) is 11.0 Å². The molecular weight excluding hydrogens is 399 g/mol. The number of piperidine rings is 1. The first-order chi connectivity index (χ1) is 14.9. The molecule has 31 heavy (non-hydrogen) atoms. The van der Waals surface area contributed by atoms with Crippen molar-refractivity contribution in [3.05, 3.63) is 69.9 Å². The number of nitrogens with zero attached hydrogens (tertiary/aromatic N) is 2. The van der Waals surface area contributed by atoms with Gasteiger partial charge in [-0.25, -0.2) is 9.18 Å². The molecule has 0 bridgehead atoms. The maximum absolute atomic E-state index is 13.7. The summed E-state index contributed by atoms with van der Waals surface area (Å²) in [6.07, 6.45) is 1.12. The largest absolute Gasteiger partial charge is 0.352 e. The third kappa shape index (κ3) is 4.52. The number of para-hydroxylation sites is 2. The van der Waals surface area contributed by atoms with Crippen molar-refractivity contribution >= 4 is 22.8 Å². The molecular formula is C23H25FN4O3. The first-order valence-electron chi connectivity index (χ1n) is 10.4. The molecule has 2 aromatic carbocycles. The van der Waals surface area contributed by atoms with Gasteiger partial charge in [0.2, 0.25) is 11.8 Å². The fraction of sp³-hybridized carbons (Fsp3) is 0.348. The quantitative estimate of drug-likeness (QED) is 0.659. The Morgan fingerprint density at radius 1 is 1.16 bits per heavy atom. The van der Waals surface area contributed by atoms with Crippen LogP contribution in [0.15, 0.2) is 47.3 Å². The van der Waals surface area contributed by atoms with Crippen molar-refractivity contribution in [3.63, 3.8) is 0 Å². The number of carbonyl (C=O) groups is 2. The van der Waals surface area contributed by atoms with E-state index in [2.05, 4.69) is 10.3 Å². The van der Waals surface area contributed by atoms with E-state index < -0.39 is 0 Å². The molecule has 8 heteroatoms. The number of halogens is 1. The summed E-state index contributed by atoms with van der Waals surface area (Å²) in [7, 11) is 0. The zero-order chi connectivity index (χ0) is 22.0. The molecule has 2 N–H and O–H groups in total. The number of likely N-dealkylation sites (tertiary alicyclic amines) is 1. The second-order valence-corrected chi connectivity index (χ2v) is 7.99. The molecule has 0 aliphatic carbocycles. The highest BCUT2D eigenvalue weighted by Gasteiger charge is 2.27. The van der Waals surface area contributed by atoms with E-state index in [1.54, 1.807) is 36.1 Å². The minimum atomic E-state index is -0.309. The molecule has 1 aromatic heterocycles. The van der Waals surface area contributed by atoms with Crippen LogP contribution in [0.5, 0.6) is 0 Å². The molecule has 0 saturated carbocycles. The summed E-state index contributed by atoms with van der Waals surface area (Å²) in [4.78, 5) is 41.9. The maximum atomic E-state index is 13.7. The molecule has 0 unspecified atom stereocenters. The number of rotatable bonds is 5. The molecule has 1 fully saturated rings. The van der Waals surface area contributed by atoms with Crippen LogP contribution in [-0.4, -0.2) is 39.4 Å². The minimum Gasteiger partial charge on any atom is -0.352 e. The van der Waals surface area contributed by atoms with Crippen LogP contribution < -0.4 is 11.0 Å². The second-order valence-electron chi connectivity index (χ2n) is 7.99. The molecule has 162 valence electrons. The van der Waals surface area contributed by atoms with Gasteiger partial charge < -0.3 is 15.2 Å². The highest BCUT2D eigenvalue weighted by molar-refractivity contribution is 5.81. The smallest absolute Gasteiger partial charge is 0.326 e. The van der Waals surface area contributed by atoms with Crippen molar-refractivity contribution in [2.45, 2.75) is 32.9 Å². The van der Waals surface area contributed by atoms with E-state index in [-0.39, 0.29) is 42.3 Å². The summed E-state index contributed by atoms with van der Waals surface area (Å²) in [5, 5.41) is 2.86. The van der Waals surface area contributed by atoms with Crippen molar-refractivity contribution in [2.24, 2.45) is 5.92 Å². The molecule has 3 aromatic rings. The lowest BCUT2D eigenvalue weighted by Gasteiger charge is -2.31. The second kappa shape index (κ2) is 8.75. The van der Waals surface area contributed by atoms with E-state index in [4.69, 9.17) is 0 Å². The molecule has 1 aliphatic heterocycles. The number of H-pyrrole nitrogens is 1. The summed E-state index contributed by atoms with van der Waals surface area (Å²) in [5.74, 6) is -0.690. The Bertz CT molecular complexity index is 1180. The Morgan fingerprint density at radius 3 is 2.65 bits per heavy atom. The first kappa shape index (κ1) is 20.8. The lowest BCUT2D eigenvalue weighted by atomic mass is 9.95. The number of benzene rings is 2. The van der Waals surface area contributed by atoms with Crippen LogP contribution in [0.3, 0.4) is 0 Å². The van der Waals surface area contributed by atoms with Crippen LogP contribution in [0.1, 0.15) is 24.0 Å². The first-order valence-corrected chi connectivity index (χ1v) is 10.4. The molecule has 4 rings (SSSR count). The number of carbonyl (C=O) groups excluding carboxylic acids is 2. The topological polar surface area (TPSA) is 87.2 Å². The van der Waals surface area contributed by atoms with Gasteiger partial charge in [0, 0.05) is 25.6 Å². The fourth-order valence-electron chi connectivity index (χ4n) is 3.97. The van der Waals surface area contributed by atoms with Crippen LogP contribution in [0, 0.1) is 18.7 Å². The summed E-state index contributed by atoms with van der Waals surface area (Å²) < 4.78 is 15.1. The third-order valence-electron chi connectivity index (χ3n) is 5.90. The number of imidazole rings is 1. The average molecular weight is 424 g/mol. The van der Waals surface area contributed by atoms with E-state index in [9.17, 15) is 18.8 Å². The Labute approximate surface area is 178 Å². The molecule has 1 aliphatic rings. The molecule has 7 nitrogen and oxygen atoms in total. The maximum Gasteiger partial charge on any atom is 0.326 e. The number of aryl methyl sites for hydroxylation is 1. The Balaban J connectivity index is 1.30. The standard InChI is InChI=1S/C23H25FN4O3/c1-15-6-7-16(12-18(15)24)13-25-22(30)17-8-10-27(11-9-17)21(29)14-28-20-5-3-2-4-19(20)26-23(28)31/h2-7,12,17H,8-11,13-14H2,1H3,(H,25,30)(H,26,31). The van der Waals surface area contributed by atoms with Gasteiger partial charge in [-0.3, -0.25) is 14.2 Å². The summed E-state index contributed by atoms with van der Waals surface area (Å²) in [6, 6.07) is 12.2. The van der Waals surface area contributed by atoms with Crippen molar-refractivity contribution in [3.8, 4) is 0 Å². The Kier molecular flexibility index (Phi) is 5.88. The fourth-order valence-corrected chi connectivity index (χ4v) is 3.97. The van der Waals surface area contributed by atoms with Gasteiger partial charge in [0.25, 0.3) is 0 Å². The van der Waals surface area contributed by atoms with E-state index in [0.717, 1.165) is 0 Å². The van der Waals surface area contributed by atoms with Crippen LogP contribution in [-0.2, 0) is 22.7 Å². The number of amides is 2. The lowest BCUT2D eigenvalue weighted by molar-refractivity contribution is -0.136. The van der Waals surface area contributed by atoms with E-state index >= 15 is 0 Å². The van der Waals surface area contributed by atoms with Crippen molar-refractivity contribution in [1.82, 2.24) is 19.8 Å². The summed E-state index contributed by atoms with van der Waals surface area (Å²) >= 11 is 0. The molecule has 2 heterocycles. The molecule has 1 saturated heterocycles. The molecule has 0 atom stereocenters. The van der Waals surface area contributed by atoms with Gasteiger partial charge >= 0.3 is 5.69 Å². The van der Waals surface area contributed by atoms with Crippen LogP contribution in [0.2, 0.25) is 0 Å². The highest BCUT2D eigenvalue weighted by Crippen LogP contribution is 2.19. The average Bonchev–Trinajstić information content (AvgIpc) is 3.09. The normalized spacial score (nSPS) is 14.7. The van der Waals surface area contributed by atoms with Gasteiger partial charge in [-0.2, -0.15) is 0 Å². The number of fused-ring (bicyclic) bond motifs is 1. The van der Waals surface area contributed by atoms with Crippen LogP contribution >= 0.6 is 0 Å². The zero-order valence-corrected chi connectivity index (χ0v) is 17.4. The van der Waals surface area contributed by atoms with Crippen molar-refractivity contribution in [1.29, 1.82) is 0 Å². The number of aromatic nitrogens is 2. The molecule has 0 spiro atoms. The van der Waals surface area contributed by atoms with E-state index in [0.29, 0.717) is 48.1 Å². The summed E-state index contributed by atoms with van der Waals surface area (Å²) in [5.41, 5.74) is 2.37. The van der Waals surface area contributed by atoms with Gasteiger partial charge in [0.15, 0.2) is 0 Å².